The summed E-state index contributed by atoms with van der Waals surface area (Å²) in [5, 5.41) is 10.1. The van der Waals surface area contributed by atoms with E-state index in [4.69, 9.17) is 4.74 Å². The van der Waals surface area contributed by atoms with Crippen molar-refractivity contribution in [3.8, 4) is 0 Å². The number of aromatic nitrogens is 1. The molecule has 1 aliphatic rings. The van der Waals surface area contributed by atoms with Crippen molar-refractivity contribution in [3.63, 3.8) is 0 Å². The maximum absolute atomic E-state index is 11.7. The van der Waals surface area contributed by atoms with Crippen molar-refractivity contribution in [3.05, 3.63) is 65.4 Å². The molecule has 6 nitrogen and oxygen atoms in total. The fourth-order valence-electron chi connectivity index (χ4n) is 4.39. The molecule has 0 unspecified atom stereocenters. The van der Waals surface area contributed by atoms with Crippen molar-refractivity contribution in [2.24, 2.45) is 0 Å². The lowest BCUT2D eigenvalue weighted by Crippen LogP contribution is -2.26. The van der Waals surface area contributed by atoms with Crippen LogP contribution in [0.4, 0.5) is 0 Å². The number of hydrogen-bond donors (Lipinski definition) is 2. The Morgan fingerprint density at radius 3 is 2.47 bits per heavy atom. The number of carboxylic acids is 1. The highest BCUT2D eigenvalue weighted by atomic mass is 32.2. The first-order valence-corrected chi connectivity index (χ1v) is 11.9. The van der Waals surface area contributed by atoms with E-state index in [0.29, 0.717) is 11.5 Å². The van der Waals surface area contributed by atoms with E-state index in [-0.39, 0.29) is 6.42 Å². The molecule has 158 valence electrons. The quantitative estimate of drug-likeness (QED) is 0.589. The molecular weight excluding hydrogens is 402 g/mol. The number of hydrogen-bond acceptors (Lipinski definition) is 4. The third kappa shape index (κ3) is 4.00. The number of rotatable bonds is 7. The molecule has 1 aliphatic carbocycles. The average molecular weight is 428 g/mol. The van der Waals surface area contributed by atoms with Crippen LogP contribution in [-0.2, 0) is 38.0 Å². The first-order valence-electron chi connectivity index (χ1n) is 10.0. The van der Waals surface area contributed by atoms with Gasteiger partial charge in [0, 0.05) is 23.4 Å². The molecule has 4 rings (SSSR count). The SMILES string of the molecule is CS(=O)(=O)c1ccc(COC2(c3cccc4c(CC(=O)O)c[nH]c34)CCCC2)cc1. The average Bonchev–Trinajstić information content (AvgIpc) is 3.34. The zero-order chi connectivity index (χ0) is 21.4. The predicted molar refractivity (Wildman–Crippen MR) is 114 cm³/mol. The minimum Gasteiger partial charge on any atom is -0.481 e. The van der Waals surface area contributed by atoms with E-state index in [9.17, 15) is 18.3 Å². The first kappa shape index (κ1) is 20.6. The van der Waals surface area contributed by atoms with Gasteiger partial charge in [0.15, 0.2) is 9.84 Å². The normalized spacial score (nSPS) is 16.2. The fraction of sp³-hybridized carbons (Fsp3) is 0.348. The monoisotopic (exact) mass is 427 g/mol. The molecule has 0 atom stereocenters. The highest BCUT2D eigenvalue weighted by Crippen LogP contribution is 2.45. The van der Waals surface area contributed by atoms with Crippen LogP contribution in [0.5, 0.6) is 0 Å². The maximum Gasteiger partial charge on any atom is 0.307 e. The van der Waals surface area contributed by atoms with Gasteiger partial charge in [0.05, 0.1) is 29.0 Å². The molecule has 3 aromatic rings. The van der Waals surface area contributed by atoms with Gasteiger partial charge in [-0.3, -0.25) is 4.79 Å². The molecular formula is C23H25NO5S. The largest absolute Gasteiger partial charge is 0.481 e. The van der Waals surface area contributed by atoms with Gasteiger partial charge in [0.2, 0.25) is 0 Å². The predicted octanol–water partition coefficient (Wildman–Crippen LogP) is 4.18. The van der Waals surface area contributed by atoms with Gasteiger partial charge in [0.1, 0.15) is 0 Å². The highest BCUT2D eigenvalue weighted by molar-refractivity contribution is 7.90. The van der Waals surface area contributed by atoms with Gasteiger partial charge in [-0.2, -0.15) is 0 Å². The molecule has 0 bridgehead atoms. The van der Waals surface area contributed by atoms with Crippen molar-refractivity contribution in [2.75, 3.05) is 6.26 Å². The summed E-state index contributed by atoms with van der Waals surface area (Å²) in [4.78, 5) is 14.8. The third-order valence-corrected chi connectivity index (χ3v) is 7.04. The number of para-hydroxylation sites is 1. The van der Waals surface area contributed by atoms with E-state index in [0.717, 1.165) is 53.3 Å². The fourth-order valence-corrected chi connectivity index (χ4v) is 5.02. The molecule has 1 fully saturated rings. The lowest BCUT2D eigenvalue weighted by molar-refractivity contribution is -0.136. The van der Waals surface area contributed by atoms with Crippen LogP contribution in [0, 0.1) is 0 Å². The summed E-state index contributed by atoms with van der Waals surface area (Å²) in [6.45, 7) is 0.378. The summed E-state index contributed by atoms with van der Waals surface area (Å²) in [5.74, 6) is -0.856. The smallest absolute Gasteiger partial charge is 0.307 e. The Labute approximate surface area is 175 Å². The van der Waals surface area contributed by atoms with Gasteiger partial charge < -0.3 is 14.8 Å². The molecule has 0 amide bonds. The van der Waals surface area contributed by atoms with Crippen molar-refractivity contribution >= 4 is 26.7 Å². The Morgan fingerprint density at radius 1 is 1.13 bits per heavy atom. The van der Waals surface area contributed by atoms with Gasteiger partial charge >= 0.3 is 5.97 Å². The first-order chi connectivity index (χ1) is 14.3. The molecule has 1 saturated carbocycles. The molecule has 30 heavy (non-hydrogen) atoms. The van der Waals surface area contributed by atoms with E-state index in [1.54, 1.807) is 30.5 Å². The zero-order valence-corrected chi connectivity index (χ0v) is 17.7. The van der Waals surface area contributed by atoms with E-state index < -0.39 is 21.4 Å². The number of carbonyl (C=O) groups is 1. The van der Waals surface area contributed by atoms with E-state index in [2.05, 4.69) is 11.1 Å². The number of benzene rings is 2. The maximum atomic E-state index is 11.7. The Kier molecular flexibility index (Phi) is 5.42. The molecule has 2 N–H and O–H groups in total. The van der Waals surface area contributed by atoms with Gasteiger partial charge in [-0.25, -0.2) is 8.42 Å². The van der Waals surface area contributed by atoms with E-state index >= 15 is 0 Å². The summed E-state index contributed by atoms with van der Waals surface area (Å²) in [6, 6.07) is 12.8. The van der Waals surface area contributed by atoms with Crippen molar-refractivity contribution < 1.29 is 23.1 Å². The number of aliphatic carboxylic acids is 1. The lowest BCUT2D eigenvalue weighted by atomic mass is 9.89. The third-order valence-electron chi connectivity index (χ3n) is 5.91. The van der Waals surface area contributed by atoms with Crippen LogP contribution < -0.4 is 0 Å². The molecule has 0 spiro atoms. The minimum absolute atomic E-state index is 0.0238. The summed E-state index contributed by atoms with van der Waals surface area (Å²) in [7, 11) is -3.22. The summed E-state index contributed by atoms with van der Waals surface area (Å²) >= 11 is 0. The van der Waals surface area contributed by atoms with Crippen LogP contribution in [-0.4, -0.2) is 30.7 Å². The minimum atomic E-state index is -3.22. The molecule has 2 aromatic carbocycles. The van der Waals surface area contributed by atoms with Crippen LogP contribution in [0.25, 0.3) is 10.9 Å². The number of carboxylic acid groups (broad SMARTS) is 1. The van der Waals surface area contributed by atoms with Crippen LogP contribution in [0.3, 0.4) is 0 Å². The molecule has 1 heterocycles. The number of ether oxygens (including phenoxy) is 1. The van der Waals surface area contributed by atoms with Gasteiger partial charge in [-0.1, -0.05) is 43.2 Å². The zero-order valence-electron chi connectivity index (χ0n) is 16.8. The summed E-state index contributed by atoms with van der Waals surface area (Å²) in [6.07, 6.45) is 6.85. The number of sulfone groups is 1. The second-order valence-electron chi connectivity index (χ2n) is 8.02. The number of nitrogens with one attached hydrogen (secondary N) is 1. The molecule has 0 aliphatic heterocycles. The Morgan fingerprint density at radius 2 is 1.83 bits per heavy atom. The van der Waals surface area contributed by atoms with Crippen molar-refractivity contribution in [2.45, 2.75) is 49.2 Å². The second kappa shape index (κ2) is 7.89. The van der Waals surface area contributed by atoms with Gasteiger partial charge in [-0.15, -0.1) is 0 Å². The Hall–Kier alpha value is -2.64. The van der Waals surface area contributed by atoms with Gasteiger partial charge in [0.25, 0.3) is 0 Å². The topological polar surface area (TPSA) is 96.5 Å². The number of H-pyrrole nitrogens is 1. The number of fused-ring (bicyclic) bond motifs is 1. The van der Waals surface area contributed by atoms with Crippen LogP contribution >= 0.6 is 0 Å². The standard InChI is InChI=1S/C23H25NO5S/c1-30(27,28)18-9-7-16(8-10-18)15-29-23(11-2-3-12-23)20-6-4-5-19-17(13-21(25)26)14-24-22(19)20/h4-10,14,24H,2-3,11-13,15H2,1H3,(H,25,26). The van der Waals surface area contributed by atoms with Crippen LogP contribution in [0.2, 0.25) is 0 Å². The van der Waals surface area contributed by atoms with Crippen LogP contribution in [0.15, 0.2) is 53.6 Å². The van der Waals surface area contributed by atoms with E-state index in [1.807, 2.05) is 12.1 Å². The molecule has 1 aromatic heterocycles. The Bertz CT molecular complexity index is 1170. The van der Waals surface area contributed by atoms with Crippen molar-refractivity contribution in [1.82, 2.24) is 4.98 Å². The number of aromatic amines is 1. The van der Waals surface area contributed by atoms with Gasteiger partial charge in [-0.05, 0) is 36.1 Å². The molecule has 0 radical (unpaired) electrons. The lowest BCUT2D eigenvalue weighted by Gasteiger charge is -2.31. The van der Waals surface area contributed by atoms with Crippen LogP contribution in [0.1, 0.15) is 42.4 Å². The Balaban J connectivity index is 1.64. The highest BCUT2D eigenvalue weighted by Gasteiger charge is 2.38. The summed E-state index contributed by atoms with van der Waals surface area (Å²) in [5.41, 5.74) is 3.23. The molecule has 7 heteroatoms. The molecule has 0 saturated heterocycles. The summed E-state index contributed by atoms with van der Waals surface area (Å²) < 4.78 is 29.8. The van der Waals surface area contributed by atoms with E-state index in [1.165, 1.54) is 6.26 Å². The van der Waals surface area contributed by atoms with Crippen molar-refractivity contribution in [1.29, 1.82) is 0 Å². The second-order valence-corrected chi connectivity index (χ2v) is 10.0.